The van der Waals surface area contributed by atoms with Crippen LogP contribution in [0.25, 0.3) is 10.2 Å². The zero-order valence-corrected chi connectivity index (χ0v) is 18.3. The van der Waals surface area contributed by atoms with Gasteiger partial charge in [0.25, 0.3) is 0 Å². The van der Waals surface area contributed by atoms with E-state index in [9.17, 15) is 28.2 Å². The van der Waals surface area contributed by atoms with Gasteiger partial charge in [-0.25, -0.2) is 9.78 Å². The summed E-state index contributed by atoms with van der Waals surface area (Å²) >= 11 is 0.648. The molecule has 3 heterocycles. The highest BCUT2D eigenvalue weighted by molar-refractivity contribution is 7.21. The Morgan fingerprint density at radius 3 is 2.55 bits per heavy atom. The number of carbonyl (C=O) groups is 1. The highest BCUT2D eigenvalue weighted by atomic mass is 32.1. The zero-order valence-electron chi connectivity index (χ0n) is 17.5. The molecule has 1 saturated heterocycles. The average molecular weight is 481 g/mol. The number of nitrogens with one attached hydrogen (secondary N) is 1. The number of alkyl halides is 3. The highest BCUT2D eigenvalue weighted by Crippen LogP contribution is 2.43. The Bertz CT molecular complexity index is 1150. The van der Waals surface area contributed by atoms with Gasteiger partial charge in [-0.3, -0.25) is 0 Å². The van der Waals surface area contributed by atoms with E-state index in [1.807, 2.05) is 30.3 Å². The number of pyridine rings is 1. The average Bonchev–Trinajstić information content (AvgIpc) is 3.14. The van der Waals surface area contributed by atoms with Crippen molar-refractivity contribution in [1.29, 1.82) is 0 Å². The van der Waals surface area contributed by atoms with Gasteiger partial charge in [0.1, 0.15) is 15.5 Å². The number of nitrogens with two attached hydrogens (primary N) is 1. The molecule has 11 heteroatoms. The molecule has 176 valence electrons. The molecule has 0 unspecified atom stereocenters. The fourth-order valence-corrected chi connectivity index (χ4v) is 4.99. The van der Waals surface area contributed by atoms with Crippen LogP contribution in [0.15, 0.2) is 36.4 Å². The van der Waals surface area contributed by atoms with E-state index in [0.717, 1.165) is 11.6 Å². The minimum atomic E-state index is -4.70. The van der Waals surface area contributed by atoms with Crippen LogP contribution in [0.2, 0.25) is 0 Å². The number of halogens is 3. The van der Waals surface area contributed by atoms with Crippen LogP contribution in [-0.2, 0) is 6.18 Å². The number of thiophene rings is 1. The van der Waals surface area contributed by atoms with Gasteiger partial charge in [-0.2, -0.15) is 13.2 Å². The fraction of sp³-hybridized carbons (Fsp3) is 0.364. The van der Waals surface area contributed by atoms with Crippen molar-refractivity contribution < 1.29 is 28.2 Å². The van der Waals surface area contributed by atoms with Gasteiger partial charge >= 0.3 is 12.1 Å². The fourth-order valence-electron chi connectivity index (χ4n) is 4.04. The lowest BCUT2D eigenvalue weighted by Crippen LogP contribution is -2.44. The number of piperidine rings is 1. The van der Waals surface area contributed by atoms with Crippen molar-refractivity contribution in [3.63, 3.8) is 0 Å². The van der Waals surface area contributed by atoms with E-state index in [-0.39, 0.29) is 27.0 Å². The third kappa shape index (κ3) is 4.90. The molecule has 2 aromatic heterocycles. The van der Waals surface area contributed by atoms with E-state index in [4.69, 9.17) is 5.73 Å². The summed E-state index contributed by atoms with van der Waals surface area (Å²) in [6, 6.07) is 10.4. The Morgan fingerprint density at radius 1 is 1.27 bits per heavy atom. The third-order valence-electron chi connectivity index (χ3n) is 5.79. The number of aliphatic hydroxyl groups is 1. The van der Waals surface area contributed by atoms with Crippen LogP contribution in [0, 0.1) is 0 Å². The van der Waals surface area contributed by atoms with Crippen LogP contribution in [0.4, 0.5) is 24.7 Å². The van der Waals surface area contributed by atoms with Crippen LogP contribution in [0.1, 0.15) is 39.7 Å². The molecule has 0 spiro atoms. The minimum absolute atomic E-state index is 0.0408. The molecule has 0 bridgehead atoms. The summed E-state index contributed by atoms with van der Waals surface area (Å²) < 4.78 is 41.3. The molecule has 0 radical (unpaired) electrons. The number of aliphatic hydroxyl groups excluding tert-OH is 1. The predicted octanol–water partition coefficient (Wildman–Crippen LogP) is 3.89. The Hall–Kier alpha value is -2.89. The summed E-state index contributed by atoms with van der Waals surface area (Å²) in [5, 5.41) is 22.5. The van der Waals surface area contributed by atoms with Gasteiger partial charge in [0, 0.05) is 31.1 Å². The van der Waals surface area contributed by atoms with Crippen molar-refractivity contribution in [1.82, 2.24) is 10.3 Å². The van der Waals surface area contributed by atoms with Gasteiger partial charge in [-0.05, 0) is 24.5 Å². The van der Waals surface area contributed by atoms with Gasteiger partial charge in [-0.15, -0.1) is 11.3 Å². The molecule has 1 aliphatic heterocycles. The summed E-state index contributed by atoms with van der Waals surface area (Å²) in [5.41, 5.74) is 5.16. The maximum absolute atomic E-state index is 13.8. The number of hydrogen-bond donors (Lipinski definition) is 4. The Kier molecular flexibility index (Phi) is 6.46. The molecule has 0 saturated carbocycles. The number of rotatable bonds is 6. The van der Waals surface area contributed by atoms with Gasteiger partial charge in [0.2, 0.25) is 0 Å². The lowest BCUT2D eigenvalue weighted by atomic mass is 10.0. The Labute approximate surface area is 191 Å². The van der Waals surface area contributed by atoms with Gasteiger partial charge in [0.15, 0.2) is 0 Å². The van der Waals surface area contributed by atoms with Crippen molar-refractivity contribution in [2.24, 2.45) is 0 Å². The summed E-state index contributed by atoms with van der Waals surface area (Å²) in [6.07, 6.45) is -4.02. The standard InChI is InChI=1S/C22H23F3N4O3S/c23-22(24,25)14-10-16(28-20-17(14)18(26)19(33-20)21(31)32)29-8-6-13(7-9-29)27-11-15(30)12-4-2-1-3-5-12/h1-5,10,13,15,27,30H,6-9,11,26H2,(H,31,32)/t15-/m1/s1. The first-order valence-electron chi connectivity index (χ1n) is 10.4. The van der Waals surface area contributed by atoms with Crippen molar-refractivity contribution in [2.75, 3.05) is 30.3 Å². The summed E-state index contributed by atoms with van der Waals surface area (Å²) in [4.78, 5) is 17.1. The van der Waals surface area contributed by atoms with Crippen LogP contribution in [0.3, 0.4) is 0 Å². The van der Waals surface area contributed by atoms with E-state index >= 15 is 0 Å². The van der Waals surface area contributed by atoms with E-state index in [1.54, 1.807) is 4.90 Å². The predicted molar refractivity (Wildman–Crippen MR) is 121 cm³/mol. The molecule has 1 aromatic carbocycles. The SMILES string of the molecule is Nc1c(C(=O)O)sc2nc(N3CCC(NC[C@@H](O)c4ccccc4)CC3)cc(C(F)(F)F)c12. The first-order chi connectivity index (χ1) is 15.6. The van der Waals surface area contributed by atoms with Crippen molar-refractivity contribution in [3.05, 3.63) is 52.4 Å². The Morgan fingerprint density at radius 2 is 1.94 bits per heavy atom. The van der Waals surface area contributed by atoms with Crippen LogP contribution in [-0.4, -0.2) is 46.8 Å². The molecular weight excluding hydrogens is 457 g/mol. The van der Waals surface area contributed by atoms with E-state index in [2.05, 4.69) is 10.3 Å². The third-order valence-corrected chi connectivity index (χ3v) is 6.88. The summed E-state index contributed by atoms with van der Waals surface area (Å²) in [7, 11) is 0. The molecular formula is C22H23F3N4O3S. The number of nitrogen functional groups attached to an aromatic ring is 1. The number of hydrogen-bond acceptors (Lipinski definition) is 7. The molecule has 33 heavy (non-hydrogen) atoms. The molecule has 1 fully saturated rings. The van der Waals surface area contributed by atoms with Gasteiger partial charge < -0.3 is 26.2 Å². The number of nitrogens with zero attached hydrogens (tertiary/aromatic N) is 2. The van der Waals surface area contributed by atoms with E-state index in [1.165, 1.54) is 0 Å². The van der Waals surface area contributed by atoms with Crippen LogP contribution < -0.4 is 16.0 Å². The molecule has 5 N–H and O–H groups in total. The summed E-state index contributed by atoms with van der Waals surface area (Å²) in [5.74, 6) is -1.23. The number of aromatic nitrogens is 1. The minimum Gasteiger partial charge on any atom is -0.477 e. The molecule has 1 atom stereocenters. The number of fused-ring (bicyclic) bond motifs is 1. The topological polar surface area (TPSA) is 112 Å². The number of anilines is 2. The second kappa shape index (κ2) is 9.16. The second-order valence-corrected chi connectivity index (χ2v) is 8.95. The quantitative estimate of drug-likeness (QED) is 0.424. The molecule has 1 aliphatic rings. The molecule has 7 nitrogen and oxygen atoms in total. The number of aromatic carboxylic acids is 1. The van der Waals surface area contributed by atoms with Crippen LogP contribution >= 0.6 is 11.3 Å². The number of benzene rings is 1. The largest absolute Gasteiger partial charge is 0.477 e. The molecule has 0 amide bonds. The highest BCUT2D eigenvalue weighted by Gasteiger charge is 2.37. The first-order valence-corrected chi connectivity index (χ1v) is 11.2. The molecule has 4 rings (SSSR count). The van der Waals surface area contributed by atoms with Crippen molar-refractivity contribution in [2.45, 2.75) is 31.2 Å². The van der Waals surface area contributed by atoms with Gasteiger partial charge in [0.05, 0.1) is 17.4 Å². The van der Waals surface area contributed by atoms with Crippen molar-refractivity contribution >= 4 is 39.0 Å². The normalized spacial score (nSPS) is 16.3. The number of carboxylic acids is 1. The summed E-state index contributed by atoms with van der Waals surface area (Å²) in [6.45, 7) is 1.33. The van der Waals surface area contributed by atoms with Crippen LogP contribution in [0.5, 0.6) is 0 Å². The maximum Gasteiger partial charge on any atom is 0.417 e. The zero-order chi connectivity index (χ0) is 23.8. The Balaban J connectivity index is 1.48. The lowest BCUT2D eigenvalue weighted by molar-refractivity contribution is -0.136. The first kappa shape index (κ1) is 23.3. The van der Waals surface area contributed by atoms with E-state index < -0.39 is 29.5 Å². The maximum atomic E-state index is 13.8. The van der Waals surface area contributed by atoms with E-state index in [0.29, 0.717) is 43.8 Å². The monoisotopic (exact) mass is 480 g/mol. The molecule has 0 aliphatic carbocycles. The lowest BCUT2D eigenvalue weighted by Gasteiger charge is -2.34. The molecule has 3 aromatic rings. The van der Waals surface area contributed by atoms with Gasteiger partial charge in [-0.1, -0.05) is 30.3 Å². The van der Waals surface area contributed by atoms with Crippen molar-refractivity contribution in [3.8, 4) is 0 Å². The number of carboxylic acid groups (broad SMARTS) is 1. The second-order valence-electron chi connectivity index (χ2n) is 7.95. The smallest absolute Gasteiger partial charge is 0.417 e.